The molecule has 120 valence electrons. The molecule has 0 amide bonds. The third kappa shape index (κ3) is 4.99. The van der Waals surface area contributed by atoms with Crippen molar-refractivity contribution in [2.45, 2.75) is 54.4 Å². The number of pyridine rings is 1. The molecule has 21 heavy (non-hydrogen) atoms. The van der Waals surface area contributed by atoms with Gasteiger partial charge in [-0.15, -0.1) is 0 Å². The number of nitrogens with zero attached hydrogens (tertiary/aromatic N) is 1. The van der Waals surface area contributed by atoms with E-state index in [1.54, 1.807) is 7.11 Å². The Labute approximate surface area is 130 Å². The molecule has 0 aromatic carbocycles. The highest BCUT2D eigenvalue weighted by Gasteiger charge is 2.26. The van der Waals surface area contributed by atoms with Gasteiger partial charge in [0.2, 0.25) is 0 Å². The van der Waals surface area contributed by atoms with Crippen LogP contribution in [-0.4, -0.2) is 25.2 Å². The lowest BCUT2D eigenvalue weighted by atomic mass is 9.77. The molecule has 0 bridgehead atoms. The van der Waals surface area contributed by atoms with Gasteiger partial charge in [0.15, 0.2) is 0 Å². The molecule has 0 fully saturated rings. The van der Waals surface area contributed by atoms with Gasteiger partial charge in [0.25, 0.3) is 0 Å². The fraction of sp³-hybridized carbons (Fsp3) is 0.722. The highest BCUT2D eigenvalue weighted by Crippen LogP contribution is 2.31. The fourth-order valence-electron chi connectivity index (χ4n) is 2.65. The maximum Gasteiger partial charge on any atom is 0.128 e. The molecule has 0 aliphatic rings. The van der Waals surface area contributed by atoms with Crippen molar-refractivity contribution in [3.05, 3.63) is 23.0 Å². The molecule has 3 nitrogen and oxygen atoms in total. The molecule has 1 rings (SSSR count). The SMILES string of the molecule is CCCNCC(Cc1ncc(C)c(OC)c1C)C(C)(C)C. The Balaban J connectivity index is 2.93. The Morgan fingerprint density at radius 2 is 1.95 bits per heavy atom. The average Bonchev–Trinajstić information content (AvgIpc) is 2.40. The van der Waals surface area contributed by atoms with Crippen LogP contribution in [0.15, 0.2) is 6.20 Å². The van der Waals surface area contributed by atoms with Crippen molar-refractivity contribution in [1.29, 1.82) is 0 Å². The van der Waals surface area contributed by atoms with E-state index < -0.39 is 0 Å². The number of ether oxygens (including phenoxy) is 1. The molecule has 1 heterocycles. The monoisotopic (exact) mass is 292 g/mol. The van der Waals surface area contributed by atoms with E-state index in [0.29, 0.717) is 5.92 Å². The van der Waals surface area contributed by atoms with E-state index in [-0.39, 0.29) is 5.41 Å². The molecule has 0 saturated carbocycles. The second-order valence-electron chi connectivity index (χ2n) is 7.02. The standard InChI is InChI=1S/C18H32N2O/c1-8-9-19-12-15(18(4,5)6)10-16-14(3)17(21-7)13(2)11-20-16/h11,15,19H,8-10,12H2,1-7H3. The predicted octanol–water partition coefficient (Wildman–Crippen LogP) is 3.91. The van der Waals surface area contributed by atoms with Gasteiger partial charge >= 0.3 is 0 Å². The summed E-state index contributed by atoms with van der Waals surface area (Å²) >= 11 is 0. The molecule has 0 spiro atoms. The summed E-state index contributed by atoms with van der Waals surface area (Å²) in [6, 6.07) is 0. The van der Waals surface area contributed by atoms with Gasteiger partial charge in [-0.25, -0.2) is 0 Å². The van der Waals surface area contributed by atoms with E-state index in [9.17, 15) is 0 Å². The van der Waals surface area contributed by atoms with Crippen LogP contribution < -0.4 is 10.1 Å². The molecule has 1 N–H and O–H groups in total. The van der Waals surface area contributed by atoms with E-state index in [1.807, 2.05) is 13.1 Å². The van der Waals surface area contributed by atoms with Crippen LogP contribution in [0.25, 0.3) is 0 Å². The van der Waals surface area contributed by atoms with Crippen LogP contribution in [0, 0.1) is 25.2 Å². The number of hydrogen-bond acceptors (Lipinski definition) is 3. The summed E-state index contributed by atoms with van der Waals surface area (Å²) in [4.78, 5) is 4.66. The summed E-state index contributed by atoms with van der Waals surface area (Å²) in [6.45, 7) is 15.4. The maximum atomic E-state index is 5.53. The van der Waals surface area contributed by atoms with Crippen molar-refractivity contribution < 1.29 is 4.74 Å². The van der Waals surface area contributed by atoms with Crippen molar-refractivity contribution >= 4 is 0 Å². The summed E-state index contributed by atoms with van der Waals surface area (Å²) < 4.78 is 5.53. The maximum absolute atomic E-state index is 5.53. The molecular weight excluding hydrogens is 260 g/mol. The van der Waals surface area contributed by atoms with Gasteiger partial charge in [-0.3, -0.25) is 4.98 Å². The molecule has 3 heteroatoms. The van der Waals surface area contributed by atoms with Gasteiger partial charge in [0.1, 0.15) is 5.75 Å². The first kappa shape index (κ1) is 18.0. The number of aromatic nitrogens is 1. The summed E-state index contributed by atoms with van der Waals surface area (Å²) in [5, 5.41) is 3.56. The zero-order valence-corrected chi connectivity index (χ0v) is 14.8. The first-order chi connectivity index (χ1) is 9.81. The molecule has 1 atom stereocenters. The molecule has 0 radical (unpaired) electrons. The van der Waals surface area contributed by atoms with E-state index in [4.69, 9.17) is 4.74 Å². The highest BCUT2D eigenvalue weighted by atomic mass is 16.5. The van der Waals surface area contributed by atoms with Gasteiger partial charge in [-0.2, -0.15) is 0 Å². The van der Waals surface area contributed by atoms with E-state index in [0.717, 1.165) is 36.5 Å². The van der Waals surface area contributed by atoms with Crippen LogP contribution in [-0.2, 0) is 6.42 Å². The number of methoxy groups -OCH3 is 1. The lowest BCUT2D eigenvalue weighted by Gasteiger charge is -2.31. The first-order valence-electron chi connectivity index (χ1n) is 8.01. The number of hydrogen-bond donors (Lipinski definition) is 1. The minimum absolute atomic E-state index is 0.257. The van der Waals surface area contributed by atoms with Gasteiger partial charge in [0.05, 0.1) is 7.11 Å². The minimum Gasteiger partial charge on any atom is -0.496 e. The van der Waals surface area contributed by atoms with Gasteiger partial charge in [-0.05, 0) is 51.1 Å². The second kappa shape index (κ2) is 7.79. The molecule has 1 aromatic rings. The van der Waals surface area contributed by atoms with Gasteiger partial charge < -0.3 is 10.1 Å². The zero-order chi connectivity index (χ0) is 16.0. The Bertz CT molecular complexity index is 449. The Kier molecular flexibility index (Phi) is 6.66. The van der Waals surface area contributed by atoms with Crippen LogP contribution in [0.1, 0.15) is 50.9 Å². The summed E-state index contributed by atoms with van der Waals surface area (Å²) in [7, 11) is 1.74. The smallest absolute Gasteiger partial charge is 0.128 e. The predicted molar refractivity (Wildman–Crippen MR) is 90.1 cm³/mol. The number of nitrogens with one attached hydrogen (secondary N) is 1. The van der Waals surface area contributed by atoms with Crippen LogP contribution in [0.2, 0.25) is 0 Å². The second-order valence-corrected chi connectivity index (χ2v) is 7.02. The number of rotatable bonds is 7. The first-order valence-corrected chi connectivity index (χ1v) is 8.01. The van der Waals surface area contributed by atoms with Crippen molar-refractivity contribution in [3.63, 3.8) is 0 Å². The van der Waals surface area contributed by atoms with Crippen molar-refractivity contribution in [1.82, 2.24) is 10.3 Å². The molecule has 0 aliphatic carbocycles. The van der Waals surface area contributed by atoms with Crippen molar-refractivity contribution in [2.75, 3.05) is 20.2 Å². The highest BCUT2D eigenvalue weighted by molar-refractivity contribution is 5.41. The quantitative estimate of drug-likeness (QED) is 0.774. The van der Waals surface area contributed by atoms with Crippen LogP contribution in [0.5, 0.6) is 5.75 Å². The molecule has 0 aliphatic heterocycles. The third-order valence-electron chi connectivity index (χ3n) is 4.23. The summed E-state index contributed by atoms with van der Waals surface area (Å²) in [5.41, 5.74) is 3.71. The topological polar surface area (TPSA) is 34.2 Å². The van der Waals surface area contributed by atoms with Crippen LogP contribution in [0.3, 0.4) is 0 Å². The Morgan fingerprint density at radius 3 is 2.48 bits per heavy atom. The normalized spacial score (nSPS) is 13.3. The summed E-state index contributed by atoms with van der Waals surface area (Å²) in [5.74, 6) is 1.54. The van der Waals surface area contributed by atoms with Crippen LogP contribution >= 0.6 is 0 Å². The molecular formula is C18H32N2O. The van der Waals surface area contributed by atoms with E-state index in [1.165, 1.54) is 12.0 Å². The lowest BCUT2D eigenvalue weighted by molar-refractivity contribution is 0.229. The van der Waals surface area contributed by atoms with Crippen molar-refractivity contribution in [3.8, 4) is 5.75 Å². The minimum atomic E-state index is 0.257. The third-order valence-corrected chi connectivity index (χ3v) is 4.23. The average molecular weight is 292 g/mol. The largest absolute Gasteiger partial charge is 0.496 e. The van der Waals surface area contributed by atoms with E-state index in [2.05, 4.69) is 44.9 Å². The molecule has 1 aromatic heterocycles. The van der Waals surface area contributed by atoms with Crippen LogP contribution in [0.4, 0.5) is 0 Å². The fourth-order valence-corrected chi connectivity index (χ4v) is 2.65. The molecule has 1 unspecified atom stereocenters. The summed E-state index contributed by atoms with van der Waals surface area (Å²) in [6.07, 6.45) is 4.09. The van der Waals surface area contributed by atoms with Gasteiger partial charge in [0, 0.05) is 23.0 Å². The van der Waals surface area contributed by atoms with E-state index >= 15 is 0 Å². The molecule has 0 saturated heterocycles. The zero-order valence-electron chi connectivity index (χ0n) is 14.8. The Morgan fingerprint density at radius 1 is 1.29 bits per heavy atom. The lowest BCUT2D eigenvalue weighted by Crippen LogP contribution is -2.34. The number of aryl methyl sites for hydroxylation is 1. The Hall–Kier alpha value is -1.09. The van der Waals surface area contributed by atoms with Gasteiger partial charge in [-0.1, -0.05) is 27.7 Å². The van der Waals surface area contributed by atoms with Crippen molar-refractivity contribution in [2.24, 2.45) is 11.3 Å².